The highest BCUT2D eigenvalue weighted by molar-refractivity contribution is 5.65. The first-order valence-corrected chi connectivity index (χ1v) is 6.75. The number of fused-ring (bicyclic) bond motifs is 1. The minimum Gasteiger partial charge on any atom is -0.384 e. The Hall–Kier alpha value is -2.19. The third-order valence-electron chi connectivity index (χ3n) is 3.97. The van der Waals surface area contributed by atoms with Gasteiger partial charge in [0.1, 0.15) is 24.2 Å². The van der Waals surface area contributed by atoms with Gasteiger partial charge in [0, 0.05) is 12.2 Å². The molecule has 2 aromatic rings. The van der Waals surface area contributed by atoms with Crippen LogP contribution in [0.25, 0.3) is 11.3 Å². The SMILES string of the molecule is Cc1cc(-c2ccc(F)c(C#N)c2)n2c1C(O)C(F)CC2. The monoisotopic (exact) mass is 288 g/mol. The summed E-state index contributed by atoms with van der Waals surface area (Å²) in [5.41, 5.74) is 2.78. The molecular formula is C16H14F2N2O. The van der Waals surface area contributed by atoms with Crippen LogP contribution >= 0.6 is 0 Å². The van der Waals surface area contributed by atoms with Gasteiger partial charge >= 0.3 is 0 Å². The molecule has 3 nitrogen and oxygen atoms in total. The van der Waals surface area contributed by atoms with Gasteiger partial charge in [0.25, 0.3) is 0 Å². The van der Waals surface area contributed by atoms with Crippen molar-refractivity contribution in [3.63, 3.8) is 0 Å². The molecule has 1 aliphatic rings. The van der Waals surface area contributed by atoms with Gasteiger partial charge in [-0.1, -0.05) is 0 Å². The summed E-state index contributed by atoms with van der Waals surface area (Å²) in [5.74, 6) is -0.563. The number of aliphatic hydroxyl groups is 1. The second kappa shape index (κ2) is 4.97. The molecule has 108 valence electrons. The van der Waals surface area contributed by atoms with E-state index in [1.807, 2.05) is 23.6 Å². The lowest BCUT2D eigenvalue weighted by atomic mass is 10.0. The van der Waals surface area contributed by atoms with Gasteiger partial charge in [-0.3, -0.25) is 0 Å². The van der Waals surface area contributed by atoms with Crippen molar-refractivity contribution in [3.8, 4) is 17.3 Å². The maximum Gasteiger partial charge on any atom is 0.140 e. The third-order valence-corrected chi connectivity index (χ3v) is 3.97. The van der Waals surface area contributed by atoms with Gasteiger partial charge in [0.15, 0.2) is 0 Å². The molecule has 0 spiro atoms. The lowest BCUT2D eigenvalue weighted by Crippen LogP contribution is -2.26. The van der Waals surface area contributed by atoms with E-state index in [-0.39, 0.29) is 12.0 Å². The Kier molecular flexibility index (Phi) is 3.26. The minimum absolute atomic E-state index is 0.0274. The number of nitrogens with zero attached hydrogens (tertiary/aromatic N) is 2. The molecule has 0 bridgehead atoms. The topological polar surface area (TPSA) is 49.0 Å². The van der Waals surface area contributed by atoms with E-state index in [4.69, 9.17) is 5.26 Å². The van der Waals surface area contributed by atoms with Crippen molar-refractivity contribution in [3.05, 3.63) is 46.9 Å². The Balaban J connectivity index is 2.15. The van der Waals surface area contributed by atoms with Crippen molar-refractivity contribution < 1.29 is 13.9 Å². The van der Waals surface area contributed by atoms with Crippen LogP contribution in [-0.4, -0.2) is 15.8 Å². The van der Waals surface area contributed by atoms with Crippen LogP contribution in [-0.2, 0) is 6.54 Å². The Morgan fingerprint density at radius 3 is 2.86 bits per heavy atom. The average molecular weight is 288 g/mol. The molecule has 1 aliphatic heterocycles. The van der Waals surface area contributed by atoms with Crippen LogP contribution in [0.3, 0.4) is 0 Å². The minimum atomic E-state index is -1.26. The lowest BCUT2D eigenvalue weighted by molar-refractivity contribution is 0.0487. The number of halogens is 2. The molecule has 1 N–H and O–H groups in total. The van der Waals surface area contributed by atoms with Crippen LogP contribution in [0.2, 0.25) is 0 Å². The smallest absolute Gasteiger partial charge is 0.140 e. The second-order valence-electron chi connectivity index (χ2n) is 5.31. The van der Waals surface area contributed by atoms with Crippen LogP contribution < -0.4 is 0 Å². The molecule has 0 aliphatic carbocycles. The number of alkyl halides is 1. The fourth-order valence-corrected chi connectivity index (χ4v) is 2.92. The molecule has 21 heavy (non-hydrogen) atoms. The predicted molar refractivity (Wildman–Crippen MR) is 73.8 cm³/mol. The summed E-state index contributed by atoms with van der Waals surface area (Å²) in [4.78, 5) is 0. The van der Waals surface area contributed by atoms with Crippen molar-refractivity contribution in [1.29, 1.82) is 5.26 Å². The van der Waals surface area contributed by atoms with Crippen molar-refractivity contribution in [2.75, 3.05) is 0 Å². The van der Waals surface area contributed by atoms with Crippen molar-refractivity contribution in [2.45, 2.75) is 32.2 Å². The van der Waals surface area contributed by atoms with Crippen LogP contribution in [0.5, 0.6) is 0 Å². The van der Waals surface area contributed by atoms with Crippen LogP contribution in [0, 0.1) is 24.1 Å². The van der Waals surface area contributed by atoms with E-state index in [1.54, 1.807) is 6.07 Å². The van der Waals surface area contributed by atoms with Crippen molar-refractivity contribution >= 4 is 0 Å². The van der Waals surface area contributed by atoms with Gasteiger partial charge in [-0.05, 0) is 48.7 Å². The molecule has 0 amide bonds. The Bertz CT molecular complexity index is 745. The summed E-state index contributed by atoms with van der Waals surface area (Å²) in [6, 6.07) is 7.97. The molecule has 2 unspecified atom stereocenters. The number of rotatable bonds is 1. The first-order chi connectivity index (χ1) is 10.0. The van der Waals surface area contributed by atoms with E-state index in [0.717, 1.165) is 11.3 Å². The summed E-state index contributed by atoms with van der Waals surface area (Å²) in [7, 11) is 0. The number of hydrogen-bond acceptors (Lipinski definition) is 2. The van der Waals surface area contributed by atoms with Gasteiger partial charge in [-0.2, -0.15) is 5.26 Å². The largest absolute Gasteiger partial charge is 0.384 e. The average Bonchev–Trinajstić information content (AvgIpc) is 2.81. The zero-order valence-corrected chi connectivity index (χ0v) is 11.5. The number of nitriles is 1. The van der Waals surface area contributed by atoms with Crippen LogP contribution in [0.4, 0.5) is 8.78 Å². The molecule has 0 radical (unpaired) electrons. The van der Waals surface area contributed by atoms with Gasteiger partial charge in [-0.15, -0.1) is 0 Å². The normalized spacial score (nSPS) is 20.9. The summed E-state index contributed by atoms with van der Waals surface area (Å²) in [6.45, 7) is 2.27. The molecule has 3 rings (SSSR count). The Labute approximate surface area is 121 Å². The first kappa shape index (κ1) is 13.8. The molecule has 5 heteroatoms. The van der Waals surface area contributed by atoms with E-state index in [0.29, 0.717) is 17.8 Å². The van der Waals surface area contributed by atoms with Gasteiger partial charge < -0.3 is 9.67 Å². The second-order valence-corrected chi connectivity index (χ2v) is 5.31. The molecule has 2 heterocycles. The van der Waals surface area contributed by atoms with Crippen LogP contribution in [0.15, 0.2) is 24.3 Å². The fourth-order valence-electron chi connectivity index (χ4n) is 2.92. The summed E-state index contributed by atoms with van der Waals surface area (Å²) >= 11 is 0. The Morgan fingerprint density at radius 1 is 1.38 bits per heavy atom. The number of benzene rings is 1. The zero-order valence-electron chi connectivity index (χ0n) is 11.5. The summed E-state index contributed by atoms with van der Waals surface area (Å²) in [6.07, 6.45) is -2.16. The fraction of sp³-hybridized carbons (Fsp3) is 0.312. The van der Waals surface area contributed by atoms with E-state index in [1.165, 1.54) is 12.1 Å². The highest BCUT2D eigenvalue weighted by Crippen LogP contribution is 2.36. The van der Waals surface area contributed by atoms with Gasteiger partial charge in [0.05, 0.1) is 11.3 Å². The Morgan fingerprint density at radius 2 is 2.14 bits per heavy atom. The van der Waals surface area contributed by atoms with E-state index < -0.39 is 18.1 Å². The van der Waals surface area contributed by atoms with Crippen molar-refractivity contribution in [1.82, 2.24) is 4.57 Å². The first-order valence-electron chi connectivity index (χ1n) is 6.75. The molecule has 1 aromatic carbocycles. The molecular weight excluding hydrogens is 274 g/mol. The summed E-state index contributed by atoms with van der Waals surface area (Å²) in [5, 5.41) is 18.9. The van der Waals surface area contributed by atoms with E-state index in [2.05, 4.69) is 0 Å². The standard InChI is InChI=1S/C16H14F2N2O/c1-9-6-14(10-2-3-12(17)11(7-10)8-19)20-5-4-13(18)16(21)15(9)20/h2-3,6-7,13,16,21H,4-5H2,1H3. The maximum absolute atomic E-state index is 13.7. The number of hydrogen-bond donors (Lipinski definition) is 1. The van der Waals surface area contributed by atoms with E-state index in [9.17, 15) is 13.9 Å². The molecule has 2 atom stereocenters. The molecule has 0 saturated carbocycles. The highest BCUT2D eigenvalue weighted by Gasteiger charge is 2.31. The number of aromatic nitrogens is 1. The number of aliphatic hydroxyl groups excluding tert-OH is 1. The van der Waals surface area contributed by atoms with Crippen LogP contribution in [0.1, 0.15) is 29.3 Å². The van der Waals surface area contributed by atoms with Crippen molar-refractivity contribution in [2.24, 2.45) is 0 Å². The van der Waals surface area contributed by atoms with E-state index >= 15 is 0 Å². The highest BCUT2D eigenvalue weighted by atomic mass is 19.1. The molecule has 1 aromatic heterocycles. The van der Waals surface area contributed by atoms with Gasteiger partial charge in [0.2, 0.25) is 0 Å². The molecule has 0 fully saturated rings. The summed E-state index contributed by atoms with van der Waals surface area (Å²) < 4.78 is 28.9. The van der Waals surface area contributed by atoms with Gasteiger partial charge in [-0.25, -0.2) is 8.78 Å². The third kappa shape index (κ3) is 2.12. The quantitative estimate of drug-likeness (QED) is 0.875. The zero-order chi connectivity index (χ0) is 15.1. The predicted octanol–water partition coefficient (Wildman–Crippen LogP) is 3.25. The molecule has 0 saturated heterocycles. The lowest BCUT2D eigenvalue weighted by Gasteiger charge is -2.26. The maximum atomic E-state index is 13.7. The number of aryl methyl sites for hydroxylation is 1.